The third kappa shape index (κ3) is 6.53. The van der Waals surface area contributed by atoms with Crippen molar-refractivity contribution in [3.05, 3.63) is 59.5 Å². The third-order valence-corrected chi connectivity index (χ3v) is 6.19. The number of aliphatic hydroxyl groups is 1. The zero-order chi connectivity index (χ0) is 26.8. The number of carbonyl (C=O) groups excluding carboxylic acids is 1. The average molecular weight is 512 g/mol. The van der Waals surface area contributed by atoms with Crippen LogP contribution in [-0.4, -0.2) is 67.0 Å². The Morgan fingerprint density at radius 1 is 1.11 bits per heavy atom. The smallest absolute Gasteiger partial charge is 0.251 e. The van der Waals surface area contributed by atoms with Crippen LogP contribution < -0.4 is 15.1 Å². The molecule has 0 saturated carbocycles. The van der Waals surface area contributed by atoms with Crippen molar-refractivity contribution >= 4 is 28.4 Å². The second kappa shape index (κ2) is 13.9. The maximum atomic E-state index is 13.5. The molecule has 1 aromatic heterocycles. The Bertz CT molecular complexity index is 1150. The monoisotopic (exact) mass is 511 g/mol. The summed E-state index contributed by atoms with van der Waals surface area (Å²) in [5.74, 6) is 0.243. The lowest BCUT2D eigenvalue weighted by atomic mass is 9.93. The highest BCUT2D eigenvalue weighted by atomic mass is 19.1. The predicted octanol–water partition coefficient (Wildman–Crippen LogP) is 4.33. The summed E-state index contributed by atoms with van der Waals surface area (Å²) in [5.41, 5.74) is 3.66. The first-order valence-corrected chi connectivity index (χ1v) is 13.2. The third-order valence-electron chi connectivity index (χ3n) is 6.19. The van der Waals surface area contributed by atoms with Crippen molar-refractivity contribution in [1.82, 2.24) is 15.3 Å². The summed E-state index contributed by atoms with van der Waals surface area (Å²) in [6.07, 6.45) is 2.66. The van der Waals surface area contributed by atoms with Gasteiger partial charge in [0.1, 0.15) is 17.2 Å². The Morgan fingerprint density at radius 2 is 1.81 bits per heavy atom. The highest BCUT2D eigenvalue weighted by Gasteiger charge is 2.32. The number of aromatic nitrogens is 2. The SMILES string of the molecule is CC.CC.O=C(NCCO)c1cc(N2CCC2c2ccc(F)cc2)c2nc(N3CCOCC3)cnc2c1. The van der Waals surface area contributed by atoms with E-state index in [-0.39, 0.29) is 30.9 Å². The number of ether oxygens (including phenoxy) is 1. The van der Waals surface area contributed by atoms with Gasteiger partial charge in [0.05, 0.1) is 43.3 Å². The van der Waals surface area contributed by atoms with Crippen LogP contribution in [0.25, 0.3) is 11.0 Å². The van der Waals surface area contributed by atoms with E-state index in [4.69, 9.17) is 14.8 Å². The second-order valence-electron chi connectivity index (χ2n) is 8.22. The second-order valence-corrected chi connectivity index (χ2v) is 8.22. The number of nitrogens with zero attached hydrogens (tertiary/aromatic N) is 4. The zero-order valence-corrected chi connectivity index (χ0v) is 22.2. The summed E-state index contributed by atoms with van der Waals surface area (Å²) in [7, 11) is 0. The number of halogens is 1. The van der Waals surface area contributed by atoms with Gasteiger partial charge in [0, 0.05) is 31.7 Å². The molecular formula is C28H38FN5O3. The van der Waals surface area contributed by atoms with Crippen LogP contribution in [0.1, 0.15) is 56.1 Å². The van der Waals surface area contributed by atoms with Crippen molar-refractivity contribution in [1.29, 1.82) is 0 Å². The topological polar surface area (TPSA) is 90.8 Å². The minimum absolute atomic E-state index is 0.0680. The van der Waals surface area contributed by atoms with E-state index in [1.165, 1.54) is 12.1 Å². The summed E-state index contributed by atoms with van der Waals surface area (Å²) in [6.45, 7) is 11.6. The fourth-order valence-corrected chi connectivity index (χ4v) is 4.36. The average Bonchev–Trinajstić information content (AvgIpc) is 2.94. The number of benzene rings is 2. The molecule has 0 spiro atoms. The van der Waals surface area contributed by atoms with Gasteiger partial charge < -0.3 is 25.0 Å². The van der Waals surface area contributed by atoms with Gasteiger partial charge in [0.15, 0.2) is 0 Å². The molecule has 2 N–H and O–H groups in total. The van der Waals surface area contributed by atoms with E-state index in [9.17, 15) is 9.18 Å². The molecule has 3 heterocycles. The molecule has 8 nitrogen and oxygen atoms in total. The van der Waals surface area contributed by atoms with Gasteiger partial charge in [-0.2, -0.15) is 0 Å². The summed E-state index contributed by atoms with van der Waals surface area (Å²) in [6, 6.07) is 10.2. The molecule has 1 atom stereocenters. The Balaban J connectivity index is 0.000000907. The van der Waals surface area contributed by atoms with Crippen LogP contribution in [0.5, 0.6) is 0 Å². The van der Waals surface area contributed by atoms with Gasteiger partial charge in [-0.15, -0.1) is 0 Å². The van der Waals surface area contributed by atoms with E-state index in [1.54, 1.807) is 24.4 Å². The van der Waals surface area contributed by atoms with Crippen molar-refractivity contribution in [2.24, 2.45) is 0 Å². The van der Waals surface area contributed by atoms with Crippen molar-refractivity contribution in [3.63, 3.8) is 0 Å². The van der Waals surface area contributed by atoms with Crippen LogP contribution in [0, 0.1) is 5.82 Å². The number of hydrogen-bond donors (Lipinski definition) is 2. The number of anilines is 2. The molecule has 2 aliphatic heterocycles. The lowest BCUT2D eigenvalue weighted by Gasteiger charge is -2.43. The number of morpholine rings is 1. The van der Waals surface area contributed by atoms with Gasteiger partial charge in [-0.25, -0.2) is 9.37 Å². The van der Waals surface area contributed by atoms with Crippen LogP contribution in [0.15, 0.2) is 42.6 Å². The first-order valence-electron chi connectivity index (χ1n) is 13.2. The van der Waals surface area contributed by atoms with Crippen molar-refractivity contribution in [2.75, 3.05) is 55.8 Å². The number of carbonyl (C=O) groups is 1. The molecule has 3 aromatic rings. The molecule has 1 unspecified atom stereocenters. The standard InChI is InChI=1S/C24H26FN5O3.2C2H6/c25-18-3-1-16(2-4-18)20-5-7-30(20)21-14-17(24(32)26-6-10-31)13-19-23(21)28-22(15-27-19)29-8-11-33-12-9-29;2*1-2/h1-4,13-15,20,31H,5-12H2,(H,26,32);2*1-2H3. The highest BCUT2D eigenvalue weighted by Crippen LogP contribution is 2.41. The number of nitrogens with one attached hydrogen (secondary N) is 1. The first kappa shape index (κ1) is 28.3. The Hall–Kier alpha value is -3.30. The van der Waals surface area contributed by atoms with Crippen LogP contribution >= 0.6 is 0 Å². The van der Waals surface area contributed by atoms with Crippen LogP contribution in [-0.2, 0) is 4.74 Å². The number of rotatable bonds is 6. The van der Waals surface area contributed by atoms with E-state index < -0.39 is 0 Å². The maximum absolute atomic E-state index is 13.5. The number of fused-ring (bicyclic) bond motifs is 1. The molecule has 1 amide bonds. The molecule has 5 rings (SSSR count). The van der Waals surface area contributed by atoms with Crippen LogP contribution in [0.3, 0.4) is 0 Å². The van der Waals surface area contributed by atoms with E-state index in [0.29, 0.717) is 24.3 Å². The fourth-order valence-electron chi connectivity index (χ4n) is 4.36. The predicted molar refractivity (Wildman–Crippen MR) is 146 cm³/mol. The normalized spacial score (nSPS) is 16.6. The van der Waals surface area contributed by atoms with Crippen LogP contribution in [0.2, 0.25) is 0 Å². The molecule has 200 valence electrons. The molecule has 2 aliphatic rings. The Morgan fingerprint density at radius 3 is 2.43 bits per heavy atom. The van der Waals surface area contributed by atoms with Crippen molar-refractivity contribution in [3.8, 4) is 0 Å². The molecule has 0 aliphatic carbocycles. The number of aliphatic hydroxyl groups excluding tert-OH is 1. The van der Waals surface area contributed by atoms with Gasteiger partial charge in [-0.3, -0.25) is 9.78 Å². The number of amides is 1. The first-order chi connectivity index (χ1) is 18.1. The van der Waals surface area contributed by atoms with Gasteiger partial charge in [0.25, 0.3) is 5.91 Å². The van der Waals surface area contributed by atoms with E-state index in [0.717, 1.165) is 48.6 Å². The minimum Gasteiger partial charge on any atom is -0.395 e. The van der Waals surface area contributed by atoms with Crippen molar-refractivity contribution < 1.29 is 19.0 Å². The van der Waals surface area contributed by atoms with Gasteiger partial charge in [-0.1, -0.05) is 39.8 Å². The summed E-state index contributed by atoms with van der Waals surface area (Å²) >= 11 is 0. The molecule has 2 saturated heterocycles. The van der Waals surface area contributed by atoms with Crippen LogP contribution in [0.4, 0.5) is 15.9 Å². The molecular weight excluding hydrogens is 473 g/mol. The molecule has 2 fully saturated rings. The lowest BCUT2D eigenvalue weighted by molar-refractivity contribution is 0.0945. The van der Waals surface area contributed by atoms with E-state index in [2.05, 4.69) is 20.1 Å². The maximum Gasteiger partial charge on any atom is 0.251 e. The Labute approximate surface area is 218 Å². The molecule has 9 heteroatoms. The zero-order valence-electron chi connectivity index (χ0n) is 22.2. The quantitative estimate of drug-likeness (QED) is 0.509. The van der Waals surface area contributed by atoms with E-state index >= 15 is 0 Å². The molecule has 0 bridgehead atoms. The van der Waals surface area contributed by atoms with Gasteiger partial charge >= 0.3 is 0 Å². The summed E-state index contributed by atoms with van der Waals surface area (Å²) < 4.78 is 18.9. The summed E-state index contributed by atoms with van der Waals surface area (Å²) in [4.78, 5) is 26.6. The van der Waals surface area contributed by atoms with Crippen molar-refractivity contribution in [2.45, 2.75) is 40.2 Å². The molecule has 0 radical (unpaired) electrons. The minimum atomic E-state index is -0.273. The lowest BCUT2D eigenvalue weighted by Crippen LogP contribution is -2.41. The molecule has 2 aromatic carbocycles. The van der Waals surface area contributed by atoms with E-state index in [1.807, 2.05) is 33.8 Å². The highest BCUT2D eigenvalue weighted by molar-refractivity contribution is 6.01. The summed E-state index contributed by atoms with van der Waals surface area (Å²) in [5, 5.41) is 11.8. The van der Waals surface area contributed by atoms with Gasteiger partial charge in [0.2, 0.25) is 0 Å². The number of hydrogen-bond acceptors (Lipinski definition) is 7. The van der Waals surface area contributed by atoms with Gasteiger partial charge in [-0.05, 0) is 36.2 Å². The fraction of sp³-hybridized carbons (Fsp3) is 0.464. The Kier molecular flexibility index (Phi) is 10.6. The largest absolute Gasteiger partial charge is 0.395 e. The molecule has 37 heavy (non-hydrogen) atoms.